The first-order valence-electron chi connectivity index (χ1n) is 11.3. The normalized spacial score (nSPS) is 18.2. The lowest BCUT2D eigenvalue weighted by Gasteiger charge is -2.45. The first kappa shape index (κ1) is 23.1. The Hall–Kier alpha value is -3.71. The second kappa shape index (κ2) is 9.15. The minimum atomic E-state index is -0.662. The third kappa shape index (κ3) is 3.86. The van der Waals surface area contributed by atoms with Gasteiger partial charge < -0.3 is 24.4 Å². The molecule has 0 saturated carbocycles. The summed E-state index contributed by atoms with van der Waals surface area (Å²) < 4.78 is 16.5. The molecule has 0 spiro atoms. The molecule has 180 valence electrons. The SMILES string of the molecule is COc1ccc(Cl)cc1NC(=O)C1c2ccccc2C(=O)N2CCc3cc(OC)c(OC)cc3C12. The van der Waals surface area contributed by atoms with E-state index in [-0.39, 0.29) is 11.8 Å². The number of ether oxygens (including phenoxy) is 3. The fourth-order valence-electron chi connectivity index (χ4n) is 5.12. The van der Waals surface area contributed by atoms with Crippen molar-refractivity contribution in [3.8, 4) is 17.2 Å². The number of nitrogens with zero attached hydrogens (tertiary/aromatic N) is 1. The molecule has 3 aromatic rings. The van der Waals surface area contributed by atoms with Crippen molar-refractivity contribution in [2.75, 3.05) is 33.2 Å². The van der Waals surface area contributed by atoms with Crippen molar-refractivity contribution in [2.45, 2.75) is 18.4 Å². The number of hydrogen-bond acceptors (Lipinski definition) is 5. The summed E-state index contributed by atoms with van der Waals surface area (Å²) in [6, 6.07) is 15.6. The molecular formula is C27H25ClN2O5. The Morgan fingerprint density at radius 3 is 2.40 bits per heavy atom. The van der Waals surface area contributed by atoms with Crippen molar-refractivity contribution >= 4 is 29.1 Å². The van der Waals surface area contributed by atoms with Crippen LogP contribution >= 0.6 is 11.6 Å². The number of carbonyl (C=O) groups is 2. The average molecular weight is 493 g/mol. The van der Waals surface area contributed by atoms with Gasteiger partial charge in [-0.3, -0.25) is 9.59 Å². The van der Waals surface area contributed by atoms with Gasteiger partial charge >= 0.3 is 0 Å². The van der Waals surface area contributed by atoms with E-state index in [0.717, 1.165) is 11.1 Å². The molecule has 2 aliphatic rings. The average Bonchev–Trinajstić information content (AvgIpc) is 2.88. The van der Waals surface area contributed by atoms with E-state index in [9.17, 15) is 9.59 Å². The lowest BCUT2D eigenvalue weighted by atomic mass is 9.75. The Bertz CT molecular complexity index is 1320. The standard InChI is InChI=1S/C27H25ClN2O5/c1-33-21-9-8-16(28)13-20(21)29-26(31)24-17-6-4-5-7-18(17)27(32)30-11-10-15-12-22(34-2)23(35-3)14-19(15)25(24)30/h4-9,12-14,24-25H,10-11H2,1-3H3,(H,29,31). The zero-order valence-electron chi connectivity index (χ0n) is 19.6. The van der Waals surface area contributed by atoms with Crippen LogP contribution in [0.3, 0.4) is 0 Å². The number of hydrogen-bond donors (Lipinski definition) is 1. The lowest BCUT2D eigenvalue weighted by molar-refractivity contribution is -0.119. The van der Waals surface area contributed by atoms with Crippen LogP contribution in [0.25, 0.3) is 0 Å². The van der Waals surface area contributed by atoms with Crippen molar-refractivity contribution in [1.82, 2.24) is 4.90 Å². The summed E-state index contributed by atoms with van der Waals surface area (Å²) in [4.78, 5) is 29.3. The molecule has 0 bridgehead atoms. The van der Waals surface area contributed by atoms with E-state index in [4.69, 9.17) is 25.8 Å². The Morgan fingerprint density at radius 1 is 0.943 bits per heavy atom. The molecular weight excluding hydrogens is 468 g/mol. The van der Waals surface area contributed by atoms with E-state index < -0.39 is 12.0 Å². The van der Waals surface area contributed by atoms with Crippen molar-refractivity contribution in [3.63, 3.8) is 0 Å². The number of methoxy groups -OCH3 is 3. The topological polar surface area (TPSA) is 77.1 Å². The number of halogens is 1. The maximum atomic E-state index is 14.0. The molecule has 2 atom stereocenters. The Labute approximate surface area is 208 Å². The number of rotatable bonds is 5. The monoisotopic (exact) mass is 492 g/mol. The molecule has 0 radical (unpaired) electrons. The van der Waals surface area contributed by atoms with Crippen molar-refractivity contribution in [3.05, 3.63) is 81.9 Å². The summed E-state index contributed by atoms with van der Waals surface area (Å²) in [5.41, 5.74) is 3.57. The molecule has 7 nitrogen and oxygen atoms in total. The highest BCUT2D eigenvalue weighted by Crippen LogP contribution is 2.48. The van der Waals surface area contributed by atoms with E-state index in [1.807, 2.05) is 30.3 Å². The fraction of sp³-hybridized carbons (Fsp3) is 0.259. The maximum Gasteiger partial charge on any atom is 0.254 e. The quantitative estimate of drug-likeness (QED) is 0.551. The number of benzene rings is 3. The van der Waals surface area contributed by atoms with Crippen LogP contribution < -0.4 is 19.5 Å². The van der Waals surface area contributed by atoms with E-state index in [1.165, 1.54) is 7.11 Å². The summed E-state index contributed by atoms with van der Waals surface area (Å²) in [5.74, 6) is 0.653. The Morgan fingerprint density at radius 2 is 1.66 bits per heavy atom. The molecule has 2 heterocycles. The van der Waals surface area contributed by atoms with Gasteiger partial charge in [-0.15, -0.1) is 0 Å². The van der Waals surface area contributed by atoms with E-state index in [2.05, 4.69) is 5.32 Å². The molecule has 0 aromatic heterocycles. The van der Waals surface area contributed by atoms with Crippen molar-refractivity contribution in [2.24, 2.45) is 0 Å². The van der Waals surface area contributed by atoms with Gasteiger partial charge in [0.15, 0.2) is 11.5 Å². The molecule has 8 heteroatoms. The molecule has 5 rings (SSSR count). The van der Waals surface area contributed by atoms with Crippen LogP contribution in [-0.4, -0.2) is 44.6 Å². The largest absolute Gasteiger partial charge is 0.495 e. The molecule has 1 N–H and O–H groups in total. The van der Waals surface area contributed by atoms with Crippen molar-refractivity contribution in [1.29, 1.82) is 0 Å². The first-order chi connectivity index (χ1) is 17.0. The number of carbonyl (C=O) groups excluding carboxylic acids is 2. The second-order valence-electron chi connectivity index (χ2n) is 8.50. The van der Waals surface area contributed by atoms with Gasteiger partial charge in [0.2, 0.25) is 5.91 Å². The maximum absolute atomic E-state index is 14.0. The highest BCUT2D eigenvalue weighted by molar-refractivity contribution is 6.31. The lowest BCUT2D eigenvalue weighted by Crippen LogP contribution is -2.49. The van der Waals surface area contributed by atoms with Gasteiger partial charge in [-0.1, -0.05) is 29.8 Å². The van der Waals surface area contributed by atoms with E-state index in [1.54, 1.807) is 43.4 Å². The number of nitrogens with one attached hydrogen (secondary N) is 1. The highest BCUT2D eigenvalue weighted by Gasteiger charge is 2.46. The van der Waals surface area contributed by atoms with Gasteiger partial charge in [-0.25, -0.2) is 0 Å². The summed E-state index contributed by atoms with van der Waals surface area (Å²) in [7, 11) is 4.70. The number of amides is 2. The minimum Gasteiger partial charge on any atom is -0.495 e. The number of anilines is 1. The fourth-order valence-corrected chi connectivity index (χ4v) is 5.30. The smallest absolute Gasteiger partial charge is 0.254 e. The van der Waals surface area contributed by atoms with Gasteiger partial charge in [0.25, 0.3) is 5.91 Å². The summed E-state index contributed by atoms with van der Waals surface area (Å²) in [5, 5.41) is 3.47. The molecule has 0 fully saturated rings. The van der Waals surface area contributed by atoms with Crippen molar-refractivity contribution < 1.29 is 23.8 Å². The van der Waals surface area contributed by atoms with E-state index in [0.29, 0.717) is 52.1 Å². The molecule has 3 aromatic carbocycles. The van der Waals surface area contributed by atoms with Gasteiger partial charge in [0.05, 0.1) is 39.0 Å². The third-order valence-electron chi connectivity index (χ3n) is 6.73. The molecule has 2 amide bonds. The number of fused-ring (bicyclic) bond motifs is 4. The van der Waals surface area contributed by atoms with Crippen LogP contribution in [0.15, 0.2) is 54.6 Å². The van der Waals surface area contributed by atoms with Crippen LogP contribution in [0.5, 0.6) is 17.2 Å². The van der Waals surface area contributed by atoms with Crippen LogP contribution in [0.4, 0.5) is 5.69 Å². The zero-order valence-corrected chi connectivity index (χ0v) is 20.4. The van der Waals surface area contributed by atoms with E-state index >= 15 is 0 Å². The Balaban J connectivity index is 1.66. The minimum absolute atomic E-state index is 0.0876. The predicted molar refractivity (Wildman–Crippen MR) is 133 cm³/mol. The van der Waals surface area contributed by atoms with Gasteiger partial charge in [-0.05, 0) is 59.5 Å². The van der Waals surface area contributed by atoms with Gasteiger partial charge in [0, 0.05) is 17.1 Å². The molecule has 0 aliphatic carbocycles. The predicted octanol–water partition coefficient (Wildman–Crippen LogP) is 4.84. The zero-order chi connectivity index (χ0) is 24.7. The van der Waals surface area contributed by atoms with Crippen LogP contribution in [0, 0.1) is 0 Å². The highest BCUT2D eigenvalue weighted by atomic mass is 35.5. The Kier molecular flexibility index (Phi) is 6.03. The van der Waals surface area contributed by atoms with Crippen LogP contribution in [0.2, 0.25) is 5.02 Å². The molecule has 2 aliphatic heterocycles. The first-order valence-corrected chi connectivity index (χ1v) is 11.6. The second-order valence-corrected chi connectivity index (χ2v) is 8.93. The van der Waals surface area contributed by atoms with Crippen LogP contribution in [0.1, 0.15) is 39.0 Å². The molecule has 35 heavy (non-hydrogen) atoms. The van der Waals surface area contributed by atoms with Gasteiger partial charge in [-0.2, -0.15) is 0 Å². The summed E-state index contributed by atoms with van der Waals surface area (Å²) >= 11 is 6.20. The molecule has 0 saturated heterocycles. The van der Waals surface area contributed by atoms with Gasteiger partial charge in [0.1, 0.15) is 5.75 Å². The molecule has 2 unspecified atom stereocenters. The summed E-state index contributed by atoms with van der Waals surface area (Å²) in [6.07, 6.45) is 0.649. The third-order valence-corrected chi connectivity index (χ3v) is 6.96. The van der Waals surface area contributed by atoms with Crippen LogP contribution in [-0.2, 0) is 11.2 Å². The summed E-state index contributed by atoms with van der Waals surface area (Å²) in [6.45, 7) is 0.491.